The fraction of sp³-hybridized carbons (Fsp3) is 0.341. The van der Waals surface area contributed by atoms with Gasteiger partial charge in [-0.25, -0.2) is 31.0 Å². The molecule has 22 heteroatoms. The maximum absolute atomic E-state index is 15.5. The van der Waals surface area contributed by atoms with Crippen LogP contribution >= 0.6 is 11.6 Å². The second-order valence-corrected chi connectivity index (χ2v) is 18.0. The molecule has 1 saturated carbocycles. The predicted molar refractivity (Wildman–Crippen MR) is 220 cm³/mol. The van der Waals surface area contributed by atoms with Crippen LogP contribution in [0, 0.1) is 17.6 Å². The zero-order valence-electron chi connectivity index (χ0n) is 33.3. The van der Waals surface area contributed by atoms with Gasteiger partial charge in [0.2, 0.25) is 15.9 Å². The molecule has 4 heterocycles. The van der Waals surface area contributed by atoms with E-state index in [9.17, 15) is 35.2 Å². The molecule has 1 amide bonds. The van der Waals surface area contributed by atoms with Crippen LogP contribution in [0.25, 0.3) is 22.2 Å². The number of fused-ring (bicyclic) bond motifs is 5. The number of benzene rings is 3. The number of carbonyl (C=O) groups excluding carboxylic acids is 1. The lowest BCUT2D eigenvalue weighted by atomic mass is 9.99. The van der Waals surface area contributed by atoms with Crippen LogP contribution in [0.5, 0.6) is 0 Å². The number of rotatable bonds is 14. The molecule has 0 radical (unpaired) electrons. The van der Waals surface area contributed by atoms with Crippen LogP contribution in [0.3, 0.4) is 0 Å². The normalized spacial score (nSPS) is 18.0. The fourth-order valence-electron chi connectivity index (χ4n) is 8.68. The van der Waals surface area contributed by atoms with Crippen molar-refractivity contribution < 1.29 is 43.9 Å². The molecule has 0 spiro atoms. The first kappa shape index (κ1) is 42.3. The second-order valence-electron chi connectivity index (χ2n) is 15.8. The Morgan fingerprint density at radius 1 is 1.03 bits per heavy atom. The quantitative estimate of drug-likeness (QED) is 0.106. The summed E-state index contributed by atoms with van der Waals surface area (Å²) in [5, 5.41) is 15.8. The molecule has 0 saturated heterocycles. The molecule has 3 aromatic heterocycles. The van der Waals surface area contributed by atoms with E-state index < -0.39 is 82.4 Å². The Morgan fingerprint density at radius 2 is 1.79 bits per heavy atom. The average Bonchev–Trinajstić information content (AvgIpc) is 3.42. The Labute approximate surface area is 359 Å². The number of amides is 1. The minimum absolute atomic E-state index is 0.0181. The van der Waals surface area contributed by atoms with Gasteiger partial charge >= 0.3 is 0 Å². The largest absolute Gasteiger partial charge is 0.344 e. The predicted octanol–water partition coefficient (Wildman–Crippen LogP) is 7.92. The second kappa shape index (κ2) is 15.7. The number of aliphatic imine (C=N–C) groups is 1. The van der Waals surface area contributed by atoms with Crippen LogP contribution in [0.2, 0.25) is 5.02 Å². The van der Waals surface area contributed by atoms with E-state index in [-0.39, 0.29) is 59.0 Å². The van der Waals surface area contributed by atoms with Crippen LogP contribution in [0.4, 0.5) is 47.9 Å². The van der Waals surface area contributed by atoms with E-state index >= 15 is 8.78 Å². The lowest BCUT2D eigenvalue weighted by molar-refractivity contribution is -0.122. The number of amidine groups is 1. The number of hydrogen-bond acceptors (Lipinski definition) is 8. The van der Waals surface area contributed by atoms with Crippen LogP contribution < -0.4 is 14.9 Å². The average molecular weight is 917 g/mol. The summed E-state index contributed by atoms with van der Waals surface area (Å²) in [6.07, 6.45) is -0.578. The first-order valence-corrected chi connectivity index (χ1v) is 21.9. The van der Waals surface area contributed by atoms with E-state index in [2.05, 4.69) is 25.3 Å². The van der Waals surface area contributed by atoms with E-state index in [1.54, 1.807) is 53.2 Å². The molecule has 63 heavy (non-hydrogen) atoms. The SMILES string of the molecule is Cn1nc(NS(C)(=O)=O)c2c(Cl)ccc(N3Cc4ccc(-c5ccn(CCCF)n5)cc4N=C3[C@H](Cc3cc(F)cc(F)c3)NC(=O)Cn3nc(C(F)F)c4c3C(F)(F)[C@@H]3C[C@H]43)c21. The summed E-state index contributed by atoms with van der Waals surface area (Å²) in [6, 6.07) is 11.6. The third-order valence-corrected chi connectivity index (χ3v) is 12.2. The van der Waals surface area contributed by atoms with Crippen molar-refractivity contribution >= 4 is 61.5 Å². The van der Waals surface area contributed by atoms with Gasteiger partial charge in [0.25, 0.3) is 12.3 Å². The van der Waals surface area contributed by atoms with Gasteiger partial charge in [-0.3, -0.25) is 28.0 Å². The van der Waals surface area contributed by atoms with E-state index in [4.69, 9.17) is 16.6 Å². The van der Waals surface area contributed by atoms with Gasteiger partial charge in [-0.2, -0.15) is 24.1 Å². The van der Waals surface area contributed by atoms with Gasteiger partial charge in [0.15, 0.2) is 5.82 Å². The van der Waals surface area contributed by atoms with Gasteiger partial charge in [0.05, 0.1) is 58.5 Å². The molecule has 0 bridgehead atoms. The summed E-state index contributed by atoms with van der Waals surface area (Å²) in [5.74, 6) is -8.32. The molecule has 330 valence electrons. The van der Waals surface area contributed by atoms with Crippen molar-refractivity contribution in [3.63, 3.8) is 0 Å². The maximum atomic E-state index is 15.5. The number of alkyl halides is 5. The number of hydrogen-bond donors (Lipinski definition) is 2. The molecule has 3 aromatic carbocycles. The minimum atomic E-state index is -3.85. The maximum Gasteiger partial charge on any atom is 0.293 e. The molecule has 2 aliphatic carbocycles. The summed E-state index contributed by atoms with van der Waals surface area (Å²) in [6.45, 7) is -1.07. The molecule has 9 rings (SSSR count). The molecule has 3 atom stereocenters. The number of aromatic nitrogens is 6. The van der Waals surface area contributed by atoms with Crippen LogP contribution in [0.1, 0.15) is 53.3 Å². The van der Waals surface area contributed by atoms with Crippen molar-refractivity contribution in [3.05, 3.63) is 106 Å². The molecule has 3 aliphatic rings. The summed E-state index contributed by atoms with van der Waals surface area (Å²) in [4.78, 5) is 20.9. The van der Waals surface area contributed by atoms with Crippen molar-refractivity contribution in [1.29, 1.82) is 0 Å². The number of anilines is 2. The fourth-order valence-corrected chi connectivity index (χ4v) is 9.42. The first-order valence-electron chi connectivity index (χ1n) is 19.6. The first-order chi connectivity index (χ1) is 29.9. The zero-order chi connectivity index (χ0) is 44.7. The highest BCUT2D eigenvalue weighted by Crippen LogP contribution is 2.68. The van der Waals surface area contributed by atoms with Crippen molar-refractivity contribution in [2.75, 3.05) is 22.6 Å². The van der Waals surface area contributed by atoms with E-state index in [0.717, 1.165) is 18.4 Å². The van der Waals surface area contributed by atoms with Gasteiger partial charge in [-0.05, 0) is 66.3 Å². The number of halogens is 8. The molecule has 1 aliphatic heterocycles. The molecule has 1 fully saturated rings. The number of sulfonamides is 1. The summed E-state index contributed by atoms with van der Waals surface area (Å²) >= 11 is 6.68. The summed E-state index contributed by atoms with van der Waals surface area (Å²) in [7, 11) is -2.30. The smallest absolute Gasteiger partial charge is 0.293 e. The van der Waals surface area contributed by atoms with E-state index in [1.807, 2.05) is 0 Å². The van der Waals surface area contributed by atoms with Crippen molar-refractivity contribution in [2.24, 2.45) is 18.0 Å². The third-order valence-electron chi connectivity index (χ3n) is 11.3. The van der Waals surface area contributed by atoms with Gasteiger partial charge in [0.1, 0.15) is 35.4 Å². The molecule has 6 aromatic rings. The minimum Gasteiger partial charge on any atom is -0.344 e. The highest BCUT2D eigenvalue weighted by Gasteiger charge is 2.67. The molecule has 13 nitrogen and oxygen atoms in total. The van der Waals surface area contributed by atoms with Crippen molar-refractivity contribution in [3.8, 4) is 11.3 Å². The third kappa shape index (κ3) is 7.89. The number of carbonyl (C=O) groups is 1. The molecular formula is C41H36ClF7N10O3S. The Hall–Kier alpha value is -5.96. The lowest BCUT2D eigenvalue weighted by Gasteiger charge is -2.36. The standard InChI is InChI=1S/C41H36ClF7N10O3S/c1-56-36-31(7-6-27(42)34(36)39(54-56)55-63(2,61)62)58-18-22-5-4-21(28-8-11-57(52-28)10-3-9-43)15-29(22)51-40(58)30(14-20-12-23(44)16-24(45)13-20)50-32(60)19-59-37-33(35(53-59)38(46)47)25-17-26(25)41(37,48)49/h4-8,11-13,15-16,25-26,30,38H,3,9-10,14,17-19H2,1-2H3,(H,50,60)(H,54,55)/t25-,26+,30-/m0/s1. The van der Waals surface area contributed by atoms with Gasteiger partial charge in [-0.15, -0.1) is 0 Å². The van der Waals surface area contributed by atoms with Gasteiger partial charge < -0.3 is 10.2 Å². The number of aryl methyl sites for hydroxylation is 2. The zero-order valence-corrected chi connectivity index (χ0v) is 34.8. The summed E-state index contributed by atoms with van der Waals surface area (Å²) < 4.78 is 133. The van der Waals surface area contributed by atoms with Crippen LogP contribution in [-0.4, -0.2) is 68.5 Å². The number of nitrogens with zero attached hydrogens (tertiary/aromatic N) is 8. The van der Waals surface area contributed by atoms with E-state index in [0.29, 0.717) is 51.0 Å². The Morgan fingerprint density at radius 3 is 2.51 bits per heavy atom. The lowest BCUT2D eigenvalue weighted by Crippen LogP contribution is -2.51. The van der Waals surface area contributed by atoms with E-state index in [1.165, 1.54) is 10.7 Å². The van der Waals surface area contributed by atoms with Crippen LogP contribution in [-0.2, 0) is 53.8 Å². The highest BCUT2D eigenvalue weighted by molar-refractivity contribution is 7.92. The molecular weight excluding hydrogens is 881 g/mol. The molecule has 2 N–H and O–H groups in total. The van der Waals surface area contributed by atoms with Gasteiger partial charge in [0, 0.05) is 49.3 Å². The Balaban J connectivity index is 1.18. The topological polar surface area (TPSA) is 144 Å². The van der Waals surface area contributed by atoms with Gasteiger partial charge in [-0.1, -0.05) is 23.7 Å². The molecule has 0 unspecified atom stereocenters. The summed E-state index contributed by atoms with van der Waals surface area (Å²) in [5.41, 5.74) is 1.11. The van der Waals surface area contributed by atoms with Crippen LogP contribution in [0.15, 0.2) is 65.8 Å². The number of nitrogens with one attached hydrogen (secondary N) is 2. The highest BCUT2D eigenvalue weighted by atomic mass is 35.5. The van der Waals surface area contributed by atoms with Crippen molar-refractivity contribution in [2.45, 2.75) is 63.2 Å². The monoisotopic (exact) mass is 916 g/mol. The van der Waals surface area contributed by atoms with Crippen molar-refractivity contribution in [1.82, 2.24) is 34.7 Å². The Kier molecular flexibility index (Phi) is 10.5. The Bertz CT molecular complexity index is 2950.